The molecule has 0 saturated heterocycles. The Balaban J connectivity index is -0.000000409. The number of carbonyl (C=O) groups excluding carboxylic acids is 1. The molecule has 1 rings (SSSR count). The van der Waals surface area contributed by atoms with Crippen LogP contribution in [-0.2, 0) is 4.79 Å². The Labute approximate surface area is 105 Å². The smallest absolute Gasteiger partial charge is 0.253 e. The first-order chi connectivity index (χ1) is 8.25. The van der Waals surface area contributed by atoms with Gasteiger partial charge in [0, 0.05) is 21.0 Å². The Bertz CT molecular complexity index is 266. The molecule has 0 saturated carbocycles. The zero-order valence-electron chi connectivity index (χ0n) is 11.2. The van der Waals surface area contributed by atoms with Crippen molar-refractivity contribution in [2.24, 2.45) is 0 Å². The lowest BCUT2D eigenvalue weighted by atomic mass is 10.2. The molecule has 0 unspecified atom stereocenters. The predicted octanol–water partition coefficient (Wildman–Crippen LogP) is 2.97. The van der Waals surface area contributed by atoms with Crippen LogP contribution in [0.4, 0.5) is 4.39 Å². The lowest BCUT2D eigenvalue weighted by molar-refractivity contribution is -0.117. The number of hydrogen-bond acceptors (Lipinski definition) is 2. The maximum atomic E-state index is 12.9. The zero-order valence-corrected chi connectivity index (χ0v) is 11.2. The van der Waals surface area contributed by atoms with Gasteiger partial charge in [-0.1, -0.05) is 39.8 Å². The summed E-state index contributed by atoms with van der Waals surface area (Å²) in [5, 5.41) is 11.0. The Morgan fingerprint density at radius 3 is 2.47 bits per heavy atom. The van der Waals surface area contributed by atoms with Crippen molar-refractivity contribution in [1.82, 2.24) is 5.32 Å². The third-order valence-electron chi connectivity index (χ3n) is 1.74. The minimum absolute atomic E-state index is 0. The highest BCUT2D eigenvalue weighted by atomic mass is 19.1. The molecule has 0 aromatic carbocycles. The molecule has 0 heterocycles. The third kappa shape index (κ3) is 7.69. The van der Waals surface area contributed by atoms with Crippen molar-refractivity contribution in [3.8, 4) is 0 Å². The Morgan fingerprint density at radius 2 is 2.06 bits per heavy atom. The van der Waals surface area contributed by atoms with E-state index in [0.717, 1.165) is 0 Å². The fraction of sp³-hybridized carbons (Fsp3) is 0.615. The third-order valence-corrected chi connectivity index (χ3v) is 1.74. The van der Waals surface area contributed by atoms with E-state index >= 15 is 0 Å². The first-order valence-electron chi connectivity index (χ1n) is 6.20. The van der Waals surface area contributed by atoms with Gasteiger partial charge >= 0.3 is 0 Å². The molecule has 0 fully saturated rings. The van der Waals surface area contributed by atoms with Crippen LogP contribution in [0, 0.1) is 0 Å². The minimum Gasteiger partial charge on any atom is -0.396 e. The first kappa shape index (κ1) is 18.2. The Hall–Kier alpha value is -1.16. The average Bonchev–Trinajstić information content (AvgIpc) is 2.81. The van der Waals surface area contributed by atoms with Gasteiger partial charge in [-0.25, -0.2) is 4.39 Å². The summed E-state index contributed by atoms with van der Waals surface area (Å²) in [6.45, 7) is 8.40. The van der Waals surface area contributed by atoms with Crippen molar-refractivity contribution in [3.63, 3.8) is 0 Å². The highest BCUT2D eigenvalue weighted by Gasteiger charge is 2.15. The van der Waals surface area contributed by atoms with E-state index in [2.05, 4.69) is 5.32 Å². The molecule has 0 spiro atoms. The normalized spacial score (nSPS) is 12.4. The van der Waals surface area contributed by atoms with Crippen molar-refractivity contribution in [1.29, 1.82) is 0 Å². The van der Waals surface area contributed by atoms with E-state index in [0.29, 0.717) is 13.0 Å². The zero-order chi connectivity index (χ0) is 13.7. The van der Waals surface area contributed by atoms with Crippen molar-refractivity contribution in [3.05, 3.63) is 23.6 Å². The van der Waals surface area contributed by atoms with Gasteiger partial charge in [0.1, 0.15) is 5.83 Å². The summed E-state index contributed by atoms with van der Waals surface area (Å²) < 4.78 is 12.9. The first-order valence-corrected chi connectivity index (χ1v) is 6.20. The van der Waals surface area contributed by atoms with Gasteiger partial charge in [-0.3, -0.25) is 4.79 Å². The Kier molecular flexibility index (Phi) is 13.8. The number of allylic oxidation sites excluding steroid dienone is 2. The second-order valence-electron chi connectivity index (χ2n) is 2.76. The maximum Gasteiger partial charge on any atom is 0.253 e. The molecule has 17 heavy (non-hydrogen) atoms. The van der Waals surface area contributed by atoms with Gasteiger partial charge in [0.05, 0.1) is 5.57 Å². The van der Waals surface area contributed by atoms with Crippen LogP contribution < -0.4 is 5.32 Å². The number of nitrogens with one attached hydrogen (secondary N) is 1. The van der Waals surface area contributed by atoms with Gasteiger partial charge in [-0.05, 0) is 6.42 Å². The summed E-state index contributed by atoms with van der Waals surface area (Å²) in [5.74, 6) is -0.791. The molecule has 102 valence electrons. The number of hydrogen-bond donors (Lipinski definition) is 2. The fourth-order valence-corrected chi connectivity index (χ4v) is 1.06. The van der Waals surface area contributed by atoms with Crippen molar-refractivity contribution >= 4 is 5.91 Å². The van der Waals surface area contributed by atoms with E-state index in [-0.39, 0.29) is 25.9 Å². The van der Waals surface area contributed by atoms with E-state index in [1.165, 1.54) is 6.08 Å². The molecule has 0 aliphatic heterocycles. The molecule has 1 aliphatic rings. The van der Waals surface area contributed by atoms with Crippen molar-refractivity contribution < 1.29 is 15.7 Å². The average molecular weight is 247 g/mol. The van der Waals surface area contributed by atoms with Crippen molar-refractivity contribution in [2.45, 2.75) is 40.5 Å². The van der Waals surface area contributed by atoms with Crippen LogP contribution in [0.1, 0.15) is 42.0 Å². The van der Waals surface area contributed by atoms with Crippen LogP contribution >= 0.6 is 0 Å². The number of carbonyl (C=O) groups is 1. The number of amides is 1. The molecule has 1 aliphatic carbocycles. The molecule has 3 nitrogen and oxygen atoms in total. The van der Waals surface area contributed by atoms with Crippen LogP contribution in [0.3, 0.4) is 0 Å². The number of rotatable bonds is 4. The standard InChI is InChI=1S/C9H12FNO2.2C2H6.H2/c10-8-4-1-3-7(8)9(13)11-5-2-6-12;2*1-2;/h1,3,12H,2,4-6H2,(H,11,13);2*1-2H3;1H. The maximum absolute atomic E-state index is 12.9. The summed E-state index contributed by atoms with van der Waals surface area (Å²) in [6.07, 6.45) is 3.78. The molecular formula is C13H26FNO2. The molecule has 0 bridgehead atoms. The highest BCUT2D eigenvalue weighted by Crippen LogP contribution is 2.19. The molecule has 0 radical (unpaired) electrons. The molecule has 2 N–H and O–H groups in total. The van der Waals surface area contributed by atoms with Gasteiger partial charge in [0.15, 0.2) is 0 Å². The fourth-order valence-electron chi connectivity index (χ4n) is 1.06. The summed E-state index contributed by atoms with van der Waals surface area (Å²) in [5.41, 5.74) is 0.109. The molecule has 0 atom stereocenters. The summed E-state index contributed by atoms with van der Waals surface area (Å²) in [7, 11) is 0. The number of aliphatic hydroxyl groups excluding tert-OH is 1. The van der Waals surface area contributed by atoms with E-state index < -0.39 is 5.91 Å². The molecule has 1 amide bonds. The number of halogens is 1. The Morgan fingerprint density at radius 1 is 1.47 bits per heavy atom. The van der Waals surface area contributed by atoms with E-state index in [1.54, 1.807) is 6.08 Å². The lowest BCUT2D eigenvalue weighted by Crippen LogP contribution is -2.26. The van der Waals surface area contributed by atoms with Crippen LogP contribution in [0.15, 0.2) is 23.6 Å². The molecule has 4 heteroatoms. The quantitative estimate of drug-likeness (QED) is 0.750. The predicted molar refractivity (Wildman–Crippen MR) is 71.4 cm³/mol. The van der Waals surface area contributed by atoms with Gasteiger partial charge < -0.3 is 10.4 Å². The summed E-state index contributed by atoms with van der Waals surface area (Å²) in [4.78, 5) is 11.2. The van der Waals surface area contributed by atoms with Crippen molar-refractivity contribution in [2.75, 3.05) is 13.2 Å². The topological polar surface area (TPSA) is 49.3 Å². The van der Waals surface area contributed by atoms with E-state index in [9.17, 15) is 9.18 Å². The van der Waals surface area contributed by atoms with E-state index in [4.69, 9.17) is 5.11 Å². The SMILES string of the molecule is CC.CC.O=C(NCCCO)C1=C(F)CC=C1.[HH]. The minimum atomic E-state index is -0.403. The largest absolute Gasteiger partial charge is 0.396 e. The van der Waals surface area contributed by atoms with Crippen LogP contribution in [0.2, 0.25) is 0 Å². The lowest BCUT2D eigenvalue weighted by Gasteiger charge is -2.02. The second kappa shape index (κ2) is 12.9. The highest BCUT2D eigenvalue weighted by molar-refractivity contribution is 5.97. The number of aliphatic hydroxyl groups is 1. The summed E-state index contributed by atoms with van der Waals surface area (Å²) >= 11 is 0. The van der Waals surface area contributed by atoms with Gasteiger partial charge in [0.2, 0.25) is 0 Å². The second-order valence-corrected chi connectivity index (χ2v) is 2.76. The van der Waals surface area contributed by atoms with Gasteiger partial charge in [-0.15, -0.1) is 0 Å². The summed E-state index contributed by atoms with van der Waals surface area (Å²) in [6, 6.07) is 0. The van der Waals surface area contributed by atoms with Crippen LogP contribution in [-0.4, -0.2) is 24.2 Å². The monoisotopic (exact) mass is 247 g/mol. The van der Waals surface area contributed by atoms with Crippen LogP contribution in [0.5, 0.6) is 0 Å². The van der Waals surface area contributed by atoms with Gasteiger partial charge in [-0.2, -0.15) is 0 Å². The molecular weight excluding hydrogens is 221 g/mol. The van der Waals surface area contributed by atoms with E-state index in [1.807, 2.05) is 27.7 Å². The van der Waals surface area contributed by atoms with Gasteiger partial charge in [0.25, 0.3) is 5.91 Å². The molecule has 0 aromatic rings. The van der Waals surface area contributed by atoms with Crippen LogP contribution in [0.25, 0.3) is 0 Å². The molecule has 0 aromatic heterocycles.